The summed E-state index contributed by atoms with van der Waals surface area (Å²) in [6.07, 6.45) is 2.84. The predicted octanol–water partition coefficient (Wildman–Crippen LogP) is 3.76. The Morgan fingerprint density at radius 3 is 2.68 bits per heavy atom. The minimum Gasteiger partial charge on any atom is -0.336 e. The molecule has 5 nitrogen and oxygen atoms in total. The van der Waals surface area contributed by atoms with Crippen LogP contribution in [-0.2, 0) is 23.0 Å². The van der Waals surface area contributed by atoms with Crippen LogP contribution in [-0.4, -0.2) is 42.7 Å². The number of rotatable bonds is 3. The third-order valence-electron chi connectivity index (χ3n) is 5.89. The van der Waals surface area contributed by atoms with E-state index in [1.54, 1.807) is 11.4 Å². The molecule has 0 aliphatic carbocycles. The molecule has 0 bridgehead atoms. The minimum atomic E-state index is -3.59. The molecule has 2 aromatic rings. The zero-order chi connectivity index (χ0) is 19.9. The number of piperidine rings is 1. The van der Waals surface area contributed by atoms with Crippen LogP contribution >= 0.6 is 11.3 Å². The average Bonchev–Trinajstić information content (AvgIpc) is 3.20. The van der Waals surface area contributed by atoms with Gasteiger partial charge in [-0.1, -0.05) is 31.2 Å². The predicted molar refractivity (Wildman–Crippen MR) is 111 cm³/mol. The largest absolute Gasteiger partial charge is 0.336 e. The number of nitrogens with zero attached hydrogens (tertiary/aromatic N) is 2. The van der Waals surface area contributed by atoms with Gasteiger partial charge >= 0.3 is 0 Å². The molecule has 2 aliphatic heterocycles. The first-order valence-electron chi connectivity index (χ1n) is 9.82. The number of carbonyl (C=O) groups excluding carboxylic acids is 1. The van der Waals surface area contributed by atoms with Gasteiger partial charge < -0.3 is 4.90 Å². The van der Waals surface area contributed by atoms with Gasteiger partial charge in [-0.25, -0.2) is 8.42 Å². The van der Waals surface area contributed by atoms with Gasteiger partial charge in [-0.2, -0.15) is 4.31 Å². The molecule has 2 atom stereocenters. The Morgan fingerprint density at radius 1 is 1.14 bits per heavy atom. The normalized spacial score (nSPS) is 23.4. The van der Waals surface area contributed by atoms with Gasteiger partial charge in [-0.15, -0.1) is 11.3 Å². The van der Waals surface area contributed by atoms with Crippen LogP contribution in [0.4, 0.5) is 0 Å². The van der Waals surface area contributed by atoms with E-state index in [1.807, 2.05) is 23.1 Å². The molecule has 4 rings (SSSR count). The number of hydrogen-bond donors (Lipinski definition) is 0. The van der Waals surface area contributed by atoms with Crippen LogP contribution in [0.25, 0.3) is 0 Å². The molecule has 0 N–H and O–H groups in total. The fraction of sp³-hybridized carbons (Fsp3) is 0.476. The maximum Gasteiger partial charge on any atom is 0.254 e. The zero-order valence-electron chi connectivity index (χ0n) is 16.3. The van der Waals surface area contributed by atoms with Crippen molar-refractivity contribution in [2.45, 2.75) is 49.9 Å². The van der Waals surface area contributed by atoms with Gasteiger partial charge in [0.2, 0.25) is 0 Å². The van der Waals surface area contributed by atoms with E-state index >= 15 is 0 Å². The van der Waals surface area contributed by atoms with Crippen molar-refractivity contribution in [3.05, 3.63) is 52.4 Å². The lowest BCUT2D eigenvalue weighted by atomic mass is 9.94. The number of thiophene rings is 1. The van der Waals surface area contributed by atoms with Gasteiger partial charge in [0.1, 0.15) is 4.21 Å². The van der Waals surface area contributed by atoms with Gasteiger partial charge in [0.05, 0.1) is 5.56 Å². The lowest BCUT2D eigenvalue weighted by molar-refractivity contribution is 0.0574. The number of sulfonamides is 1. The molecular formula is C21H26N2O3S2. The highest BCUT2D eigenvalue weighted by Crippen LogP contribution is 2.30. The monoisotopic (exact) mass is 418 g/mol. The van der Waals surface area contributed by atoms with E-state index in [0.717, 1.165) is 42.7 Å². The van der Waals surface area contributed by atoms with E-state index in [2.05, 4.69) is 19.9 Å². The average molecular weight is 419 g/mol. The number of benzene rings is 1. The van der Waals surface area contributed by atoms with Crippen molar-refractivity contribution in [3.63, 3.8) is 0 Å². The SMILES string of the molecule is C[C@@H]1CC[C@@H](C)N(C(=O)c2csc(S(=O)(=O)N3CCc4ccccc4C3)c2)C1. The topological polar surface area (TPSA) is 57.7 Å². The van der Waals surface area contributed by atoms with E-state index in [9.17, 15) is 13.2 Å². The highest BCUT2D eigenvalue weighted by Gasteiger charge is 2.32. The molecule has 0 radical (unpaired) electrons. The van der Waals surface area contributed by atoms with Crippen LogP contribution in [0, 0.1) is 5.92 Å². The second kappa shape index (κ2) is 7.61. The standard InChI is InChI=1S/C21H26N2O3S2/c1-15-7-8-16(2)23(12-15)21(24)19-11-20(27-14-19)28(25,26)22-10-9-17-5-3-4-6-18(17)13-22/h3-6,11,14-16H,7-10,12-13H2,1-2H3/t15-,16-/m1/s1. The van der Waals surface area contributed by atoms with Crippen molar-refractivity contribution < 1.29 is 13.2 Å². The van der Waals surface area contributed by atoms with Gasteiger partial charge in [0.25, 0.3) is 15.9 Å². The first kappa shape index (κ1) is 19.6. The van der Waals surface area contributed by atoms with Crippen LogP contribution in [0.3, 0.4) is 0 Å². The number of fused-ring (bicyclic) bond motifs is 1. The number of amides is 1. The number of hydrogen-bond acceptors (Lipinski definition) is 4. The van der Waals surface area contributed by atoms with Crippen LogP contribution in [0.1, 0.15) is 48.2 Å². The van der Waals surface area contributed by atoms with Crippen molar-refractivity contribution in [2.75, 3.05) is 13.1 Å². The summed E-state index contributed by atoms with van der Waals surface area (Å²) in [4.78, 5) is 14.9. The molecule has 0 saturated carbocycles. The molecule has 1 aromatic heterocycles. The summed E-state index contributed by atoms with van der Waals surface area (Å²) in [7, 11) is -3.59. The molecule has 3 heterocycles. The van der Waals surface area contributed by atoms with E-state index in [0.29, 0.717) is 24.6 Å². The smallest absolute Gasteiger partial charge is 0.254 e. The quantitative estimate of drug-likeness (QED) is 0.763. The van der Waals surface area contributed by atoms with Gasteiger partial charge in [-0.05, 0) is 49.3 Å². The lowest BCUT2D eigenvalue weighted by Gasteiger charge is -2.36. The van der Waals surface area contributed by atoms with Gasteiger partial charge in [0, 0.05) is 31.1 Å². The minimum absolute atomic E-state index is 0.0549. The first-order chi connectivity index (χ1) is 13.4. The maximum absolute atomic E-state index is 13.1. The summed E-state index contributed by atoms with van der Waals surface area (Å²) in [5.41, 5.74) is 2.76. The number of likely N-dealkylation sites (tertiary alicyclic amines) is 1. The Bertz CT molecular complexity index is 983. The summed E-state index contributed by atoms with van der Waals surface area (Å²) in [6, 6.07) is 9.73. The fourth-order valence-corrected chi connectivity index (χ4v) is 6.83. The summed E-state index contributed by atoms with van der Waals surface area (Å²) < 4.78 is 28.1. The summed E-state index contributed by atoms with van der Waals surface area (Å²) in [5.74, 6) is 0.427. The Labute approximate surface area is 171 Å². The molecule has 2 aliphatic rings. The Hall–Kier alpha value is -1.70. The summed E-state index contributed by atoms with van der Waals surface area (Å²) in [6.45, 7) is 5.82. The van der Waals surface area contributed by atoms with Crippen molar-refractivity contribution in [2.24, 2.45) is 5.92 Å². The summed E-state index contributed by atoms with van der Waals surface area (Å²) in [5, 5.41) is 1.69. The van der Waals surface area contributed by atoms with Crippen LogP contribution in [0.15, 0.2) is 39.9 Å². The molecule has 7 heteroatoms. The second-order valence-electron chi connectivity index (χ2n) is 8.00. The molecular weight excluding hydrogens is 392 g/mol. The van der Waals surface area contributed by atoms with Gasteiger partial charge in [-0.3, -0.25) is 4.79 Å². The second-order valence-corrected chi connectivity index (χ2v) is 11.1. The molecule has 1 amide bonds. The fourth-order valence-electron chi connectivity index (χ4n) is 4.10. The molecule has 28 heavy (non-hydrogen) atoms. The molecule has 0 unspecified atom stereocenters. The van der Waals surface area contributed by atoms with E-state index in [4.69, 9.17) is 0 Å². The Morgan fingerprint density at radius 2 is 1.89 bits per heavy atom. The van der Waals surface area contributed by atoms with Crippen molar-refractivity contribution in [1.82, 2.24) is 9.21 Å². The van der Waals surface area contributed by atoms with Crippen LogP contribution < -0.4 is 0 Å². The Balaban J connectivity index is 1.54. The van der Waals surface area contributed by atoms with Crippen molar-refractivity contribution >= 4 is 27.3 Å². The third kappa shape index (κ3) is 3.63. The zero-order valence-corrected chi connectivity index (χ0v) is 17.9. The maximum atomic E-state index is 13.1. The summed E-state index contributed by atoms with van der Waals surface area (Å²) >= 11 is 1.15. The first-order valence-corrected chi connectivity index (χ1v) is 12.1. The van der Waals surface area contributed by atoms with E-state index in [-0.39, 0.29) is 16.2 Å². The molecule has 150 valence electrons. The van der Waals surface area contributed by atoms with E-state index in [1.165, 1.54) is 9.87 Å². The lowest BCUT2D eigenvalue weighted by Crippen LogP contribution is -2.44. The highest BCUT2D eigenvalue weighted by molar-refractivity contribution is 7.91. The third-order valence-corrected chi connectivity index (χ3v) is 9.15. The van der Waals surface area contributed by atoms with E-state index < -0.39 is 10.0 Å². The Kier molecular flexibility index (Phi) is 5.33. The number of carbonyl (C=O) groups is 1. The van der Waals surface area contributed by atoms with Crippen molar-refractivity contribution in [1.29, 1.82) is 0 Å². The molecule has 1 aromatic carbocycles. The van der Waals surface area contributed by atoms with Gasteiger partial charge in [0.15, 0.2) is 0 Å². The van der Waals surface area contributed by atoms with Crippen LogP contribution in [0.5, 0.6) is 0 Å². The molecule has 0 spiro atoms. The molecule has 1 saturated heterocycles. The van der Waals surface area contributed by atoms with Crippen LogP contribution in [0.2, 0.25) is 0 Å². The highest BCUT2D eigenvalue weighted by atomic mass is 32.2. The molecule has 1 fully saturated rings. The van der Waals surface area contributed by atoms with Crippen molar-refractivity contribution in [3.8, 4) is 0 Å².